The predicted molar refractivity (Wildman–Crippen MR) is 82.8 cm³/mol. The molecule has 0 unspecified atom stereocenters. The number of ether oxygens (including phenoxy) is 1. The quantitative estimate of drug-likeness (QED) is 0.593. The second kappa shape index (κ2) is 8.38. The number of carbonyl (C=O) groups is 2. The Morgan fingerprint density at radius 3 is 2.59 bits per heavy atom. The van der Waals surface area contributed by atoms with Crippen molar-refractivity contribution in [3.63, 3.8) is 0 Å². The standard InChI is InChI=1S/C16H24N2O4/c1-5-6-15(19)18(21)13(16(20)17-3)10-12-7-8-14(22-4)11(2)9-12/h7-9,13,21H,5-6,10H2,1-4H3,(H,17,20)/t13-/m0/s1. The molecule has 0 aromatic heterocycles. The fourth-order valence-electron chi connectivity index (χ4n) is 2.25. The number of hydroxylamine groups is 2. The summed E-state index contributed by atoms with van der Waals surface area (Å²) in [6.07, 6.45) is 1.04. The van der Waals surface area contributed by atoms with E-state index in [4.69, 9.17) is 4.74 Å². The summed E-state index contributed by atoms with van der Waals surface area (Å²) < 4.78 is 5.20. The normalized spacial score (nSPS) is 11.7. The van der Waals surface area contributed by atoms with Gasteiger partial charge in [0.05, 0.1) is 7.11 Å². The van der Waals surface area contributed by atoms with Gasteiger partial charge >= 0.3 is 0 Å². The van der Waals surface area contributed by atoms with Gasteiger partial charge in [-0.05, 0) is 30.5 Å². The molecule has 6 heteroatoms. The van der Waals surface area contributed by atoms with Crippen molar-refractivity contribution in [1.82, 2.24) is 10.4 Å². The highest BCUT2D eigenvalue weighted by Crippen LogP contribution is 2.20. The molecule has 1 rings (SSSR count). The summed E-state index contributed by atoms with van der Waals surface area (Å²) in [5, 5.41) is 13.1. The van der Waals surface area contributed by atoms with Crippen LogP contribution in [0.3, 0.4) is 0 Å². The van der Waals surface area contributed by atoms with Crippen molar-refractivity contribution in [3.8, 4) is 5.75 Å². The molecule has 22 heavy (non-hydrogen) atoms. The maximum absolute atomic E-state index is 12.0. The number of nitrogens with zero attached hydrogens (tertiary/aromatic N) is 1. The molecule has 1 aromatic carbocycles. The maximum Gasteiger partial charge on any atom is 0.246 e. The smallest absolute Gasteiger partial charge is 0.246 e. The summed E-state index contributed by atoms with van der Waals surface area (Å²) in [4.78, 5) is 23.8. The monoisotopic (exact) mass is 308 g/mol. The van der Waals surface area contributed by atoms with Crippen molar-refractivity contribution in [2.75, 3.05) is 14.2 Å². The van der Waals surface area contributed by atoms with E-state index in [-0.39, 0.29) is 12.8 Å². The fraction of sp³-hybridized carbons (Fsp3) is 0.500. The van der Waals surface area contributed by atoms with Crippen molar-refractivity contribution in [1.29, 1.82) is 0 Å². The number of carbonyl (C=O) groups excluding carboxylic acids is 2. The third-order valence-corrected chi connectivity index (χ3v) is 3.45. The molecule has 0 spiro atoms. The first-order valence-corrected chi connectivity index (χ1v) is 7.30. The second-order valence-electron chi connectivity index (χ2n) is 5.13. The highest BCUT2D eigenvalue weighted by molar-refractivity contribution is 5.87. The first-order valence-electron chi connectivity index (χ1n) is 7.30. The second-order valence-corrected chi connectivity index (χ2v) is 5.13. The van der Waals surface area contributed by atoms with Gasteiger partial charge in [0, 0.05) is 19.9 Å². The van der Waals surface area contributed by atoms with Gasteiger partial charge in [0.25, 0.3) is 0 Å². The number of hydrogen-bond donors (Lipinski definition) is 2. The zero-order valence-electron chi connectivity index (χ0n) is 13.5. The number of amides is 2. The van der Waals surface area contributed by atoms with Gasteiger partial charge in [0.15, 0.2) is 0 Å². The van der Waals surface area contributed by atoms with Crippen LogP contribution in [0.2, 0.25) is 0 Å². The number of benzene rings is 1. The maximum atomic E-state index is 12.0. The van der Waals surface area contributed by atoms with Crippen LogP contribution < -0.4 is 10.1 Å². The van der Waals surface area contributed by atoms with Crippen LogP contribution >= 0.6 is 0 Å². The van der Waals surface area contributed by atoms with E-state index in [1.165, 1.54) is 7.05 Å². The highest BCUT2D eigenvalue weighted by atomic mass is 16.5. The lowest BCUT2D eigenvalue weighted by atomic mass is 10.0. The summed E-state index contributed by atoms with van der Waals surface area (Å²) in [5.74, 6) is -0.107. The lowest BCUT2D eigenvalue weighted by Gasteiger charge is -2.25. The molecule has 1 atom stereocenters. The van der Waals surface area contributed by atoms with Crippen LogP contribution in [0.25, 0.3) is 0 Å². The van der Waals surface area contributed by atoms with E-state index in [0.717, 1.165) is 16.9 Å². The Labute approximate surface area is 131 Å². The zero-order valence-corrected chi connectivity index (χ0v) is 13.5. The van der Waals surface area contributed by atoms with Gasteiger partial charge in [-0.3, -0.25) is 14.8 Å². The van der Waals surface area contributed by atoms with Crippen LogP contribution in [0.4, 0.5) is 0 Å². The number of methoxy groups -OCH3 is 1. The minimum Gasteiger partial charge on any atom is -0.496 e. The van der Waals surface area contributed by atoms with Gasteiger partial charge in [0.1, 0.15) is 11.8 Å². The Balaban J connectivity index is 2.96. The first-order chi connectivity index (χ1) is 10.4. The van der Waals surface area contributed by atoms with Gasteiger partial charge < -0.3 is 10.1 Å². The topological polar surface area (TPSA) is 78.9 Å². The van der Waals surface area contributed by atoms with Crippen LogP contribution in [0.1, 0.15) is 30.9 Å². The largest absolute Gasteiger partial charge is 0.496 e. The summed E-state index contributed by atoms with van der Waals surface area (Å²) in [6, 6.07) is 4.56. The SMILES string of the molecule is CCCC(=O)N(O)[C@@H](Cc1ccc(OC)c(C)c1)C(=O)NC. The predicted octanol–water partition coefficient (Wildman–Crippen LogP) is 1.68. The number of likely N-dealkylation sites (N-methyl/N-ethyl adjacent to an activating group) is 1. The summed E-state index contributed by atoms with van der Waals surface area (Å²) in [6.45, 7) is 3.74. The van der Waals surface area contributed by atoms with Crippen molar-refractivity contribution >= 4 is 11.8 Å². The summed E-state index contributed by atoms with van der Waals surface area (Å²) in [5.41, 5.74) is 1.77. The van der Waals surface area contributed by atoms with Crippen LogP contribution in [-0.2, 0) is 16.0 Å². The Kier molecular flexibility index (Phi) is 6.85. The minimum absolute atomic E-state index is 0.200. The molecule has 2 amide bonds. The molecule has 0 saturated carbocycles. The third-order valence-electron chi connectivity index (χ3n) is 3.45. The molecule has 0 aliphatic heterocycles. The summed E-state index contributed by atoms with van der Waals surface area (Å²) >= 11 is 0. The molecule has 0 aliphatic rings. The van der Waals surface area contributed by atoms with E-state index in [1.54, 1.807) is 13.2 Å². The highest BCUT2D eigenvalue weighted by Gasteiger charge is 2.28. The van der Waals surface area contributed by atoms with Crippen molar-refractivity contribution < 1.29 is 19.5 Å². The molecule has 0 fully saturated rings. The van der Waals surface area contributed by atoms with Gasteiger partial charge in [-0.1, -0.05) is 19.1 Å². The molecule has 1 aromatic rings. The van der Waals surface area contributed by atoms with E-state index in [9.17, 15) is 14.8 Å². The van der Waals surface area contributed by atoms with E-state index in [1.807, 2.05) is 26.0 Å². The number of aryl methyl sites for hydroxylation is 1. The molecule has 0 bridgehead atoms. The average molecular weight is 308 g/mol. The Hall–Kier alpha value is -2.08. The van der Waals surface area contributed by atoms with E-state index < -0.39 is 17.9 Å². The van der Waals surface area contributed by atoms with E-state index in [0.29, 0.717) is 11.5 Å². The molecule has 0 radical (unpaired) electrons. The lowest BCUT2D eigenvalue weighted by Crippen LogP contribution is -2.48. The summed E-state index contributed by atoms with van der Waals surface area (Å²) in [7, 11) is 3.07. The van der Waals surface area contributed by atoms with Crippen molar-refractivity contribution in [3.05, 3.63) is 29.3 Å². The minimum atomic E-state index is -0.947. The Morgan fingerprint density at radius 1 is 1.41 bits per heavy atom. The van der Waals surface area contributed by atoms with Gasteiger partial charge in [-0.2, -0.15) is 0 Å². The van der Waals surface area contributed by atoms with Gasteiger partial charge in [0.2, 0.25) is 11.8 Å². The molecule has 6 nitrogen and oxygen atoms in total. The molecule has 0 saturated heterocycles. The lowest BCUT2D eigenvalue weighted by molar-refractivity contribution is -0.179. The molecule has 122 valence electrons. The third kappa shape index (κ3) is 4.46. The van der Waals surface area contributed by atoms with Crippen LogP contribution in [0.15, 0.2) is 18.2 Å². The Bertz CT molecular complexity index is 531. The van der Waals surface area contributed by atoms with Crippen LogP contribution in [-0.4, -0.2) is 42.3 Å². The van der Waals surface area contributed by atoms with E-state index in [2.05, 4.69) is 5.32 Å². The Morgan fingerprint density at radius 2 is 2.09 bits per heavy atom. The number of rotatable bonds is 7. The fourth-order valence-corrected chi connectivity index (χ4v) is 2.25. The molecule has 0 heterocycles. The van der Waals surface area contributed by atoms with Gasteiger partial charge in [-0.25, -0.2) is 5.06 Å². The van der Waals surface area contributed by atoms with Crippen molar-refractivity contribution in [2.24, 2.45) is 0 Å². The first kappa shape index (κ1) is 18.0. The average Bonchev–Trinajstić information content (AvgIpc) is 2.51. The zero-order chi connectivity index (χ0) is 16.7. The number of hydrogen-bond acceptors (Lipinski definition) is 4. The van der Waals surface area contributed by atoms with Crippen LogP contribution in [0.5, 0.6) is 5.75 Å². The molecular weight excluding hydrogens is 284 g/mol. The number of nitrogens with one attached hydrogen (secondary N) is 1. The molecule has 0 aliphatic carbocycles. The van der Waals surface area contributed by atoms with Gasteiger partial charge in [-0.15, -0.1) is 0 Å². The molecular formula is C16H24N2O4. The molecule has 2 N–H and O–H groups in total. The van der Waals surface area contributed by atoms with Crippen LogP contribution in [0, 0.1) is 6.92 Å². The van der Waals surface area contributed by atoms with Crippen molar-refractivity contribution in [2.45, 2.75) is 39.2 Å². The van der Waals surface area contributed by atoms with E-state index >= 15 is 0 Å².